The lowest BCUT2D eigenvalue weighted by Crippen LogP contribution is -2.53. The lowest BCUT2D eigenvalue weighted by molar-refractivity contribution is -0.126. The largest absolute Gasteiger partial charge is 0.351 e. The average molecular weight is 487 g/mol. The molecule has 3 rings (SSSR count). The van der Waals surface area contributed by atoms with E-state index in [9.17, 15) is 18.0 Å². The molecule has 0 unspecified atom stereocenters. The fraction of sp³-hybridized carbons (Fsp3) is 0.294. The van der Waals surface area contributed by atoms with Gasteiger partial charge in [-0.15, -0.1) is 11.3 Å². The molecule has 0 spiro atoms. The number of carbonyl (C=O) groups excluding carboxylic acids is 2. The Balaban J connectivity index is 1.77. The van der Waals surface area contributed by atoms with Gasteiger partial charge in [0, 0.05) is 26.2 Å². The number of primary amides is 1. The third-order valence-corrected chi connectivity index (χ3v) is 8.38. The van der Waals surface area contributed by atoms with Crippen LogP contribution in [0.25, 0.3) is 0 Å². The Morgan fingerprint density at radius 1 is 1.07 bits per heavy atom. The van der Waals surface area contributed by atoms with Crippen LogP contribution in [0.3, 0.4) is 0 Å². The number of urea groups is 1. The molecule has 0 saturated carbocycles. The summed E-state index contributed by atoms with van der Waals surface area (Å²) in [4.78, 5) is 25.6. The molecule has 1 saturated heterocycles. The topological polar surface area (TPSA) is 113 Å². The maximum atomic E-state index is 12.8. The minimum Gasteiger partial charge on any atom is -0.351 e. The standard InChI is InChI=1S/C17H19BrN4O4S2/c18-13-6-7-14(27-13)28(25,26)22-10-8-21(9-11-22)15(16(23)20-17(19)24)12-4-2-1-3-5-12/h1-7,15H,8-11H2,(H3,19,20,23,24)/t15-/m1/s1. The van der Waals surface area contributed by atoms with E-state index in [-0.39, 0.29) is 17.3 Å². The Morgan fingerprint density at radius 2 is 1.71 bits per heavy atom. The number of thiophene rings is 1. The summed E-state index contributed by atoms with van der Waals surface area (Å²) in [5.41, 5.74) is 5.81. The van der Waals surface area contributed by atoms with Crippen molar-refractivity contribution < 1.29 is 18.0 Å². The predicted molar refractivity (Wildman–Crippen MR) is 109 cm³/mol. The van der Waals surface area contributed by atoms with Crippen LogP contribution in [0.4, 0.5) is 4.79 Å². The first kappa shape index (κ1) is 20.9. The van der Waals surface area contributed by atoms with Crippen LogP contribution in [0.5, 0.6) is 0 Å². The number of amides is 3. The third kappa shape index (κ3) is 4.61. The number of hydrogen-bond donors (Lipinski definition) is 2. The van der Waals surface area contributed by atoms with Crippen molar-refractivity contribution in [1.29, 1.82) is 0 Å². The molecule has 0 radical (unpaired) electrons. The van der Waals surface area contributed by atoms with Crippen molar-refractivity contribution >= 4 is 49.2 Å². The predicted octanol–water partition coefficient (Wildman–Crippen LogP) is 1.75. The summed E-state index contributed by atoms with van der Waals surface area (Å²) in [6.45, 7) is 1.17. The second-order valence-electron chi connectivity index (χ2n) is 6.17. The summed E-state index contributed by atoms with van der Waals surface area (Å²) in [5.74, 6) is -0.530. The second kappa shape index (κ2) is 8.70. The van der Waals surface area contributed by atoms with Crippen LogP contribution in [-0.4, -0.2) is 55.7 Å². The summed E-state index contributed by atoms with van der Waals surface area (Å²) in [6, 6.07) is 10.6. The summed E-state index contributed by atoms with van der Waals surface area (Å²) >= 11 is 4.45. The normalized spacial score (nSPS) is 17.2. The van der Waals surface area contributed by atoms with Crippen molar-refractivity contribution in [2.45, 2.75) is 10.3 Å². The summed E-state index contributed by atoms with van der Waals surface area (Å²) in [7, 11) is -3.57. The number of benzene rings is 1. The van der Waals surface area contributed by atoms with Crippen molar-refractivity contribution in [2.24, 2.45) is 5.73 Å². The molecule has 1 aliphatic rings. The Kier molecular flexibility index (Phi) is 6.50. The highest BCUT2D eigenvalue weighted by atomic mass is 79.9. The lowest BCUT2D eigenvalue weighted by atomic mass is 10.0. The fourth-order valence-corrected chi connectivity index (χ4v) is 6.71. The van der Waals surface area contributed by atoms with E-state index in [1.165, 1.54) is 4.31 Å². The zero-order valence-electron chi connectivity index (χ0n) is 14.7. The molecular weight excluding hydrogens is 468 g/mol. The number of imide groups is 1. The molecule has 150 valence electrons. The molecule has 2 aromatic rings. The Labute approximate surface area is 175 Å². The van der Waals surface area contributed by atoms with E-state index in [2.05, 4.69) is 21.2 Å². The molecule has 3 N–H and O–H groups in total. The highest BCUT2D eigenvalue weighted by molar-refractivity contribution is 9.11. The van der Waals surface area contributed by atoms with Crippen LogP contribution < -0.4 is 11.1 Å². The smallest absolute Gasteiger partial charge is 0.318 e. The zero-order chi connectivity index (χ0) is 20.3. The molecule has 1 fully saturated rings. The van der Waals surface area contributed by atoms with Gasteiger partial charge < -0.3 is 5.73 Å². The van der Waals surface area contributed by atoms with E-state index in [0.717, 1.165) is 15.1 Å². The Hall–Kier alpha value is -1.79. The van der Waals surface area contributed by atoms with Crippen molar-refractivity contribution in [3.63, 3.8) is 0 Å². The minimum atomic E-state index is -3.57. The van der Waals surface area contributed by atoms with Crippen LogP contribution in [-0.2, 0) is 14.8 Å². The molecule has 1 aliphatic heterocycles. The van der Waals surface area contributed by atoms with Crippen molar-refractivity contribution in [2.75, 3.05) is 26.2 Å². The zero-order valence-corrected chi connectivity index (χ0v) is 18.0. The first-order valence-corrected chi connectivity index (χ1v) is 11.5. The van der Waals surface area contributed by atoms with Crippen LogP contribution >= 0.6 is 27.3 Å². The van der Waals surface area contributed by atoms with Crippen LogP contribution in [0.2, 0.25) is 0 Å². The Bertz CT molecular complexity index is 957. The van der Waals surface area contributed by atoms with Gasteiger partial charge in [-0.2, -0.15) is 4.31 Å². The maximum Gasteiger partial charge on any atom is 0.318 e. The molecule has 0 bridgehead atoms. The number of nitrogens with zero attached hydrogens (tertiary/aromatic N) is 2. The number of nitrogens with one attached hydrogen (secondary N) is 1. The second-order valence-corrected chi connectivity index (χ2v) is 10.8. The first-order valence-electron chi connectivity index (χ1n) is 8.44. The molecule has 1 atom stereocenters. The number of rotatable bonds is 5. The summed E-state index contributed by atoms with van der Waals surface area (Å²) in [5, 5.41) is 2.13. The van der Waals surface area contributed by atoms with E-state index in [1.807, 2.05) is 11.0 Å². The number of piperazine rings is 1. The molecule has 28 heavy (non-hydrogen) atoms. The quantitative estimate of drug-likeness (QED) is 0.668. The van der Waals surface area contributed by atoms with E-state index < -0.39 is 28.0 Å². The number of nitrogens with two attached hydrogens (primary N) is 1. The molecule has 1 aromatic heterocycles. The van der Waals surface area contributed by atoms with Crippen molar-refractivity contribution in [1.82, 2.24) is 14.5 Å². The molecule has 0 aliphatic carbocycles. The summed E-state index contributed by atoms with van der Waals surface area (Å²) < 4.78 is 28.0. The van der Waals surface area contributed by atoms with E-state index in [4.69, 9.17) is 5.73 Å². The maximum absolute atomic E-state index is 12.8. The van der Waals surface area contributed by atoms with Gasteiger partial charge in [0.15, 0.2) is 0 Å². The highest BCUT2D eigenvalue weighted by Crippen LogP contribution is 2.30. The van der Waals surface area contributed by atoms with Gasteiger partial charge in [-0.25, -0.2) is 13.2 Å². The van der Waals surface area contributed by atoms with Gasteiger partial charge in [0.1, 0.15) is 10.3 Å². The van der Waals surface area contributed by atoms with Crippen molar-refractivity contribution in [3.05, 3.63) is 51.8 Å². The molecule has 8 nitrogen and oxygen atoms in total. The minimum absolute atomic E-state index is 0.241. The van der Waals surface area contributed by atoms with Gasteiger partial charge >= 0.3 is 6.03 Å². The lowest BCUT2D eigenvalue weighted by Gasteiger charge is -2.37. The number of carbonyl (C=O) groups is 2. The Morgan fingerprint density at radius 3 is 2.25 bits per heavy atom. The average Bonchev–Trinajstić information content (AvgIpc) is 3.10. The molecule has 1 aromatic carbocycles. The van der Waals surface area contributed by atoms with Crippen LogP contribution in [0.15, 0.2) is 50.5 Å². The number of halogens is 1. The van der Waals surface area contributed by atoms with Gasteiger partial charge in [-0.1, -0.05) is 30.3 Å². The monoisotopic (exact) mass is 486 g/mol. The van der Waals surface area contributed by atoms with Crippen LogP contribution in [0.1, 0.15) is 11.6 Å². The number of sulfonamides is 1. The van der Waals surface area contributed by atoms with E-state index in [0.29, 0.717) is 18.7 Å². The van der Waals surface area contributed by atoms with E-state index in [1.54, 1.807) is 36.4 Å². The molecular formula is C17H19BrN4O4S2. The SMILES string of the molecule is NC(=O)NC(=O)[C@@H](c1ccccc1)N1CCN(S(=O)(=O)c2ccc(Br)s2)CC1. The van der Waals surface area contributed by atoms with Gasteiger partial charge in [0.25, 0.3) is 10.0 Å². The molecule has 3 amide bonds. The van der Waals surface area contributed by atoms with E-state index >= 15 is 0 Å². The van der Waals surface area contributed by atoms with Gasteiger partial charge in [0.05, 0.1) is 3.79 Å². The first-order chi connectivity index (χ1) is 13.3. The van der Waals surface area contributed by atoms with Gasteiger partial charge in [0.2, 0.25) is 5.91 Å². The fourth-order valence-electron chi connectivity index (χ4n) is 3.12. The summed E-state index contributed by atoms with van der Waals surface area (Å²) in [6.07, 6.45) is 0. The van der Waals surface area contributed by atoms with Gasteiger partial charge in [-0.3, -0.25) is 15.0 Å². The highest BCUT2D eigenvalue weighted by Gasteiger charge is 2.35. The van der Waals surface area contributed by atoms with Crippen LogP contribution in [0, 0.1) is 0 Å². The number of hydrogen-bond acceptors (Lipinski definition) is 6. The molecule has 2 heterocycles. The third-order valence-electron chi connectivity index (χ3n) is 4.39. The van der Waals surface area contributed by atoms with Gasteiger partial charge in [-0.05, 0) is 33.6 Å². The van der Waals surface area contributed by atoms with Crippen molar-refractivity contribution in [3.8, 4) is 0 Å². The molecule has 11 heteroatoms.